The number of carbonyl (C=O) groups is 2. The lowest BCUT2D eigenvalue weighted by Gasteiger charge is -2.27. The van der Waals surface area contributed by atoms with E-state index in [4.69, 9.17) is 4.74 Å². The van der Waals surface area contributed by atoms with Crippen molar-refractivity contribution in [2.45, 2.75) is 6.42 Å². The van der Waals surface area contributed by atoms with E-state index in [1.54, 1.807) is 24.2 Å². The zero-order valence-electron chi connectivity index (χ0n) is 14.5. The highest BCUT2D eigenvalue weighted by Gasteiger charge is 2.55. The van der Waals surface area contributed by atoms with Crippen molar-refractivity contribution >= 4 is 11.8 Å². The molecule has 2 aliphatic rings. The van der Waals surface area contributed by atoms with Gasteiger partial charge in [0.05, 0.1) is 12.0 Å². The van der Waals surface area contributed by atoms with Gasteiger partial charge in [0, 0.05) is 44.9 Å². The minimum atomic E-state index is -0.626. The molecular weight excluding hydrogens is 336 g/mol. The molecule has 0 aliphatic carbocycles. The number of nitrogens with zero attached hydrogens (tertiary/aromatic N) is 5. The number of carbonyl (C=O) groups excluding carboxylic acids is 2. The van der Waals surface area contributed by atoms with Crippen LogP contribution < -0.4 is 10.1 Å². The van der Waals surface area contributed by atoms with Gasteiger partial charge in [0.25, 0.3) is 5.91 Å². The molecule has 26 heavy (non-hydrogen) atoms. The van der Waals surface area contributed by atoms with Crippen LogP contribution in [0, 0.1) is 11.3 Å². The summed E-state index contributed by atoms with van der Waals surface area (Å²) in [6, 6.07) is 5.46. The van der Waals surface area contributed by atoms with Gasteiger partial charge in [0.15, 0.2) is 0 Å². The van der Waals surface area contributed by atoms with Crippen LogP contribution in [0.3, 0.4) is 0 Å². The largest absolute Gasteiger partial charge is 0.477 e. The summed E-state index contributed by atoms with van der Waals surface area (Å²) >= 11 is 0. The smallest absolute Gasteiger partial charge is 0.293 e. The number of aryl methyl sites for hydroxylation is 1. The number of likely N-dealkylation sites (tertiary alicyclic amines) is 1. The third-order valence-corrected chi connectivity index (χ3v) is 5.19. The Balaban J connectivity index is 1.47. The number of pyridine rings is 1. The molecule has 0 unspecified atom stereocenters. The number of hydrogen-bond donors (Lipinski definition) is 1. The fourth-order valence-electron chi connectivity index (χ4n) is 3.71. The van der Waals surface area contributed by atoms with Crippen LogP contribution in [0.4, 0.5) is 0 Å². The van der Waals surface area contributed by atoms with Crippen molar-refractivity contribution in [1.82, 2.24) is 30.0 Å². The maximum absolute atomic E-state index is 12.6. The highest BCUT2D eigenvalue weighted by atomic mass is 16.5. The van der Waals surface area contributed by atoms with Gasteiger partial charge in [-0.15, -0.1) is 5.10 Å². The second-order valence-corrected chi connectivity index (χ2v) is 6.76. The van der Waals surface area contributed by atoms with Crippen LogP contribution in [-0.2, 0) is 11.8 Å². The van der Waals surface area contributed by atoms with Crippen molar-refractivity contribution in [2.24, 2.45) is 18.4 Å². The molecule has 2 aromatic rings. The molecule has 4 rings (SSSR count). The minimum Gasteiger partial charge on any atom is -0.477 e. The molecule has 2 fully saturated rings. The summed E-state index contributed by atoms with van der Waals surface area (Å²) < 4.78 is 7.26. The van der Waals surface area contributed by atoms with Crippen LogP contribution >= 0.6 is 0 Å². The highest BCUT2D eigenvalue weighted by Crippen LogP contribution is 2.42. The summed E-state index contributed by atoms with van der Waals surface area (Å²) in [5, 5.41) is 6.99. The summed E-state index contributed by atoms with van der Waals surface area (Å²) in [6.45, 7) is 1.77. The molecule has 2 aliphatic heterocycles. The Morgan fingerprint density at radius 3 is 3.04 bits per heavy atom. The van der Waals surface area contributed by atoms with Crippen molar-refractivity contribution in [3.63, 3.8) is 0 Å². The Morgan fingerprint density at radius 2 is 2.31 bits per heavy atom. The first-order valence-electron chi connectivity index (χ1n) is 8.55. The molecule has 0 radical (unpaired) electrons. The summed E-state index contributed by atoms with van der Waals surface area (Å²) in [4.78, 5) is 35.0. The lowest BCUT2D eigenvalue weighted by molar-refractivity contribution is -0.128. The monoisotopic (exact) mass is 356 g/mol. The van der Waals surface area contributed by atoms with E-state index in [0.29, 0.717) is 38.5 Å². The van der Waals surface area contributed by atoms with Crippen molar-refractivity contribution in [1.29, 1.82) is 0 Å². The number of amides is 2. The van der Waals surface area contributed by atoms with Gasteiger partial charge in [-0.25, -0.2) is 9.97 Å². The minimum absolute atomic E-state index is 0.0172. The zero-order chi connectivity index (χ0) is 18.1. The summed E-state index contributed by atoms with van der Waals surface area (Å²) in [6.07, 6.45) is 3.76. The van der Waals surface area contributed by atoms with Gasteiger partial charge < -0.3 is 15.0 Å². The van der Waals surface area contributed by atoms with Crippen LogP contribution in [0.1, 0.15) is 17.0 Å². The number of hydrogen-bond acceptors (Lipinski definition) is 6. The molecule has 9 heteroatoms. The predicted octanol–water partition coefficient (Wildman–Crippen LogP) is -0.133. The molecule has 2 amide bonds. The molecule has 1 spiro atoms. The third kappa shape index (κ3) is 2.79. The fraction of sp³-hybridized carbons (Fsp3) is 0.471. The molecule has 0 bridgehead atoms. The Kier molecular flexibility index (Phi) is 4.06. The molecule has 4 heterocycles. The van der Waals surface area contributed by atoms with Crippen LogP contribution in [0.25, 0.3) is 0 Å². The number of ether oxygens (including phenoxy) is 1. The highest BCUT2D eigenvalue weighted by molar-refractivity contribution is 5.92. The number of rotatable bonds is 4. The van der Waals surface area contributed by atoms with E-state index in [-0.39, 0.29) is 23.6 Å². The first-order chi connectivity index (χ1) is 12.6. The van der Waals surface area contributed by atoms with Crippen LogP contribution in [-0.4, -0.2) is 62.7 Å². The molecule has 0 aromatic carbocycles. The summed E-state index contributed by atoms with van der Waals surface area (Å²) in [7, 11) is 1.71. The molecular formula is C17H20N6O3. The van der Waals surface area contributed by atoms with Crippen molar-refractivity contribution in [3.05, 3.63) is 36.5 Å². The second kappa shape index (κ2) is 6.40. The molecule has 0 saturated carbocycles. The van der Waals surface area contributed by atoms with E-state index in [9.17, 15) is 9.59 Å². The van der Waals surface area contributed by atoms with Gasteiger partial charge in [-0.05, 0) is 12.5 Å². The average Bonchev–Trinajstić information content (AvgIpc) is 3.36. The summed E-state index contributed by atoms with van der Waals surface area (Å²) in [5.41, 5.74) is -0.626. The Morgan fingerprint density at radius 1 is 1.42 bits per heavy atom. The van der Waals surface area contributed by atoms with E-state index in [2.05, 4.69) is 20.4 Å². The number of aromatic nitrogens is 4. The van der Waals surface area contributed by atoms with Gasteiger partial charge in [-0.1, -0.05) is 6.07 Å². The quantitative estimate of drug-likeness (QED) is 0.819. The Bertz CT molecular complexity index is 823. The predicted molar refractivity (Wildman–Crippen MR) is 90.2 cm³/mol. The maximum atomic E-state index is 12.6. The summed E-state index contributed by atoms with van der Waals surface area (Å²) in [5.74, 6) is 0.407. The molecule has 2 saturated heterocycles. The lowest BCUT2D eigenvalue weighted by atomic mass is 9.77. The lowest BCUT2D eigenvalue weighted by Crippen LogP contribution is -2.41. The maximum Gasteiger partial charge on any atom is 0.293 e. The van der Waals surface area contributed by atoms with E-state index in [1.807, 2.05) is 12.1 Å². The van der Waals surface area contributed by atoms with Crippen molar-refractivity contribution in [2.75, 3.05) is 26.2 Å². The van der Waals surface area contributed by atoms with E-state index in [0.717, 1.165) is 0 Å². The van der Waals surface area contributed by atoms with Crippen molar-refractivity contribution in [3.8, 4) is 5.88 Å². The zero-order valence-corrected chi connectivity index (χ0v) is 14.5. The second-order valence-electron chi connectivity index (χ2n) is 6.76. The van der Waals surface area contributed by atoms with E-state index in [1.165, 1.54) is 11.0 Å². The van der Waals surface area contributed by atoms with Crippen LogP contribution in [0.15, 0.2) is 30.7 Å². The van der Waals surface area contributed by atoms with Gasteiger partial charge >= 0.3 is 0 Å². The molecule has 2 aromatic heterocycles. The van der Waals surface area contributed by atoms with E-state index < -0.39 is 5.41 Å². The Labute approximate surface area is 150 Å². The van der Waals surface area contributed by atoms with Gasteiger partial charge in [0.2, 0.25) is 17.6 Å². The normalized spacial score (nSPS) is 24.9. The van der Waals surface area contributed by atoms with Crippen LogP contribution in [0.5, 0.6) is 5.88 Å². The standard InChI is InChI=1S/C17H20N6O3/c1-22-11-20-14(21-22)15(24)23-7-5-17(10-23)12(8-19-16(17)25)9-26-13-4-2-3-6-18-13/h2-4,6,11-12H,5,7-10H2,1H3,(H,19,25)/t12-,17-/m1/s1. The molecule has 1 N–H and O–H groups in total. The average molecular weight is 356 g/mol. The first-order valence-corrected chi connectivity index (χ1v) is 8.55. The molecule has 136 valence electrons. The van der Waals surface area contributed by atoms with Gasteiger partial charge in [-0.3, -0.25) is 14.3 Å². The third-order valence-electron chi connectivity index (χ3n) is 5.19. The SMILES string of the molecule is Cn1cnc(C(=O)N2CC[C@]3(C2)C(=O)NC[C@@H]3COc2ccccn2)n1. The van der Waals surface area contributed by atoms with Gasteiger partial charge in [0.1, 0.15) is 6.33 Å². The topological polar surface area (TPSA) is 102 Å². The number of nitrogens with one attached hydrogen (secondary N) is 1. The Hall–Kier alpha value is -2.97. The fourth-order valence-corrected chi connectivity index (χ4v) is 3.71. The van der Waals surface area contributed by atoms with Gasteiger partial charge in [-0.2, -0.15) is 0 Å². The van der Waals surface area contributed by atoms with Crippen molar-refractivity contribution < 1.29 is 14.3 Å². The molecule has 2 atom stereocenters. The first kappa shape index (κ1) is 16.5. The van der Waals surface area contributed by atoms with Crippen LogP contribution in [0.2, 0.25) is 0 Å². The van der Waals surface area contributed by atoms with E-state index >= 15 is 0 Å². The molecule has 9 nitrogen and oxygen atoms in total.